The minimum absolute atomic E-state index is 0.125. The van der Waals surface area contributed by atoms with E-state index in [-0.39, 0.29) is 5.91 Å². The lowest BCUT2D eigenvalue weighted by Gasteiger charge is -2.09. The van der Waals surface area contributed by atoms with Gasteiger partial charge >= 0.3 is 0 Å². The molecule has 0 unspecified atom stereocenters. The Kier molecular flexibility index (Phi) is 4.93. The smallest absolute Gasteiger partial charge is 0.252 e. The molecule has 31 heavy (non-hydrogen) atoms. The van der Waals surface area contributed by atoms with E-state index in [0.29, 0.717) is 54.0 Å². The van der Waals surface area contributed by atoms with Gasteiger partial charge in [-0.25, -0.2) is 9.97 Å². The van der Waals surface area contributed by atoms with Crippen LogP contribution in [0.3, 0.4) is 0 Å². The van der Waals surface area contributed by atoms with Crippen molar-refractivity contribution in [3.63, 3.8) is 0 Å². The molecule has 1 aliphatic carbocycles. The third-order valence-electron chi connectivity index (χ3n) is 5.36. The van der Waals surface area contributed by atoms with Gasteiger partial charge in [0.15, 0.2) is 17.3 Å². The Morgan fingerprint density at radius 2 is 2.13 bits per heavy atom. The molecule has 1 amide bonds. The SMILES string of the molecule is Cc1noc(CCCNC(=O)c2cc(C3CC3)nc3c2c(C)nn3-c2ccccn2)n1. The van der Waals surface area contributed by atoms with Crippen LogP contribution in [0.2, 0.25) is 0 Å². The van der Waals surface area contributed by atoms with Gasteiger partial charge in [0.1, 0.15) is 0 Å². The number of carbonyl (C=O) groups is 1. The maximum absolute atomic E-state index is 13.1. The topological polar surface area (TPSA) is 112 Å². The van der Waals surface area contributed by atoms with E-state index in [1.807, 2.05) is 31.2 Å². The highest BCUT2D eigenvalue weighted by Gasteiger charge is 2.29. The predicted molar refractivity (Wildman–Crippen MR) is 113 cm³/mol. The molecule has 0 bridgehead atoms. The van der Waals surface area contributed by atoms with Crippen LogP contribution < -0.4 is 5.32 Å². The standard InChI is InChI=1S/C22H23N7O2/c1-13-20-16(22(30)24-11-5-7-19-25-14(2)28-31-19)12-17(15-8-9-15)26-21(20)29(27-13)18-6-3-4-10-23-18/h3-4,6,10,12,15H,5,7-9,11H2,1-2H3,(H,24,30). The van der Waals surface area contributed by atoms with E-state index in [9.17, 15) is 4.79 Å². The number of carbonyl (C=O) groups excluding carboxylic acids is 1. The first-order valence-corrected chi connectivity index (χ1v) is 10.5. The summed E-state index contributed by atoms with van der Waals surface area (Å²) in [6.45, 7) is 4.19. The molecule has 0 aromatic carbocycles. The fraction of sp³-hybridized carbons (Fsp3) is 0.364. The van der Waals surface area contributed by atoms with E-state index in [2.05, 4.69) is 25.5 Å². The van der Waals surface area contributed by atoms with E-state index in [1.165, 1.54) is 0 Å². The van der Waals surface area contributed by atoms with E-state index in [4.69, 9.17) is 9.51 Å². The molecule has 1 saturated carbocycles. The van der Waals surface area contributed by atoms with Crippen LogP contribution in [0.1, 0.15) is 58.6 Å². The van der Waals surface area contributed by atoms with Crippen LogP contribution in [0.25, 0.3) is 16.9 Å². The number of amides is 1. The highest BCUT2D eigenvalue weighted by Crippen LogP contribution is 2.40. The van der Waals surface area contributed by atoms with Crippen molar-refractivity contribution >= 4 is 16.9 Å². The summed E-state index contributed by atoms with van der Waals surface area (Å²) in [5.74, 6) is 2.17. The summed E-state index contributed by atoms with van der Waals surface area (Å²) < 4.78 is 6.85. The summed E-state index contributed by atoms with van der Waals surface area (Å²) in [6.07, 6.45) is 5.25. The number of nitrogens with one attached hydrogen (secondary N) is 1. The van der Waals surface area contributed by atoms with Gasteiger partial charge in [0.2, 0.25) is 5.89 Å². The molecule has 158 valence electrons. The summed E-state index contributed by atoms with van der Waals surface area (Å²) in [7, 11) is 0. The van der Waals surface area contributed by atoms with Crippen molar-refractivity contribution in [3.8, 4) is 5.82 Å². The van der Waals surface area contributed by atoms with Gasteiger partial charge in [-0.05, 0) is 51.3 Å². The minimum atomic E-state index is -0.125. The number of fused-ring (bicyclic) bond motifs is 1. The van der Waals surface area contributed by atoms with Crippen LogP contribution in [-0.2, 0) is 6.42 Å². The summed E-state index contributed by atoms with van der Waals surface area (Å²) in [5.41, 5.74) is 2.98. The van der Waals surface area contributed by atoms with Crippen molar-refractivity contribution in [1.29, 1.82) is 0 Å². The second-order valence-electron chi connectivity index (χ2n) is 7.85. The Morgan fingerprint density at radius 3 is 2.84 bits per heavy atom. The fourth-order valence-corrected chi connectivity index (χ4v) is 3.69. The zero-order valence-corrected chi connectivity index (χ0v) is 17.5. The lowest BCUT2D eigenvalue weighted by atomic mass is 10.1. The van der Waals surface area contributed by atoms with Crippen LogP contribution in [0.15, 0.2) is 35.0 Å². The van der Waals surface area contributed by atoms with Gasteiger partial charge in [-0.2, -0.15) is 14.8 Å². The maximum Gasteiger partial charge on any atom is 0.252 e. The molecule has 9 heteroatoms. The molecule has 1 fully saturated rings. The van der Waals surface area contributed by atoms with Crippen LogP contribution in [-0.4, -0.2) is 42.3 Å². The van der Waals surface area contributed by atoms with Gasteiger partial charge in [0.05, 0.1) is 16.6 Å². The van der Waals surface area contributed by atoms with Gasteiger partial charge in [-0.15, -0.1) is 0 Å². The Balaban J connectivity index is 1.43. The molecule has 1 aliphatic rings. The lowest BCUT2D eigenvalue weighted by Crippen LogP contribution is -2.25. The molecule has 4 aromatic rings. The van der Waals surface area contributed by atoms with Crippen molar-refractivity contribution in [1.82, 2.24) is 35.2 Å². The van der Waals surface area contributed by atoms with Crippen molar-refractivity contribution in [2.24, 2.45) is 0 Å². The quantitative estimate of drug-likeness (QED) is 0.460. The molecule has 9 nitrogen and oxygen atoms in total. The third-order valence-corrected chi connectivity index (χ3v) is 5.36. The average molecular weight is 417 g/mol. The lowest BCUT2D eigenvalue weighted by molar-refractivity contribution is 0.0954. The zero-order valence-electron chi connectivity index (χ0n) is 17.5. The van der Waals surface area contributed by atoms with Crippen molar-refractivity contribution in [2.45, 2.75) is 45.4 Å². The average Bonchev–Trinajstić information content (AvgIpc) is 3.48. The molecule has 0 spiro atoms. The Morgan fingerprint density at radius 1 is 1.26 bits per heavy atom. The third kappa shape index (κ3) is 3.90. The molecule has 4 heterocycles. The highest BCUT2D eigenvalue weighted by molar-refractivity contribution is 6.06. The van der Waals surface area contributed by atoms with Gasteiger partial charge in [-0.3, -0.25) is 4.79 Å². The zero-order chi connectivity index (χ0) is 21.4. The van der Waals surface area contributed by atoms with E-state index in [1.54, 1.807) is 17.8 Å². The number of pyridine rings is 2. The molecule has 0 atom stereocenters. The highest BCUT2D eigenvalue weighted by atomic mass is 16.5. The molecule has 0 saturated heterocycles. The number of rotatable bonds is 7. The number of aromatic nitrogens is 6. The van der Waals surface area contributed by atoms with E-state index in [0.717, 1.165) is 29.6 Å². The molecule has 5 rings (SSSR count). The summed E-state index contributed by atoms with van der Waals surface area (Å²) in [4.78, 5) is 26.6. The van der Waals surface area contributed by atoms with Crippen LogP contribution in [0.5, 0.6) is 0 Å². The summed E-state index contributed by atoms with van der Waals surface area (Å²) in [6, 6.07) is 7.58. The normalized spacial score (nSPS) is 13.6. The van der Waals surface area contributed by atoms with Gasteiger partial charge < -0.3 is 9.84 Å². The van der Waals surface area contributed by atoms with Crippen LogP contribution in [0, 0.1) is 13.8 Å². The molecule has 4 aromatic heterocycles. The Labute approximate surface area is 178 Å². The minimum Gasteiger partial charge on any atom is -0.352 e. The fourth-order valence-electron chi connectivity index (χ4n) is 3.69. The largest absolute Gasteiger partial charge is 0.352 e. The number of nitrogens with zero attached hydrogens (tertiary/aromatic N) is 6. The number of aryl methyl sites for hydroxylation is 3. The molecular weight excluding hydrogens is 394 g/mol. The Hall–Kier alpha value is -3.62. The summed E-state index contributed by atoms with van der Waals surface area (Å²) >= 11 is 0. The molecule has 0 aliphatic heterocycles. The first kappa shape index (κ1) is 19.3. The Bertz CT molecular complexity index is 1240. The van der Waals surface area contributed by atoms with Gasteiger partial charge in [-0.1, -0.05) is 11.2 Å². The monoisotopic (exact) mass is 417 g/mol. The van der Waals surface area contributed by atoms with Gasteiger partial charge in [0.25, 0.3) is 5.91 Å². The van der Waals surface area contributed by atoms with E-state index < -0.39 is 0 Å². The van der Waals surface area contributed by atoms with Crippen LogP contribution in [0.4, 0.5) is 0 Å². The van der Waals surface area contributed by atoms with Crippen molar-refractivity contribution in [3.05, 3.63) is 59.1 Å². The number of hydrogen-bond donors (Lipinski definition) is 1. The second-order valence-corrected chi connectivity index (χ2v) is 7.85. The van der Waals surface area contributed by atoms with Crippen molar-refractivity contribution in [2.75, 3.05) is 6.54 Å². The maximum atomic E-state index is 13.1. The van der Waals surface area contributed by atoms with Gasteiger partial charge in [0, 0.05) is 30.8 Å². The first-order valence-electron chi connectivity index (χ1n) is 10.5. The second kappa shape index (κ2) is 7.90. The number of hydrogen-bond acceptors (Lipinski definition) is 7. The predicted octanol–water partition coefficient (Wildman–Crippen LogP) is 3.06. The first-order chi connectivity index (χ1) is 15.1. The molecular formula is C22H23N7O2. The summed E-state index contributed by atoms with van der Waals surface area (Å²) in [5, 5.41) is 12.2. The van der Waals surface area contributed by atoms with E-state index >= 15 is 0 Å². The van der Waals surface area contributed by atoms with Crippen LogP contribution >= 0.6 is 0 Å². The molecule has 1 N–H and O–H groups in total. The van der Waals surface area contributed by atoms with Crippen molar-refractivity contribution < 1.29 is 9.32 Å². The molecule has 0 radical (unpaired) electrons.